The molecule has 0 fully saturated rings. The summed E-state index contributed by atoms with van der Waals surface area (Å²) in [7, 11) is 0. The van der Waals surface area contributed by atoms with E-state index in [0.29, 0.717) is 19.5 Å². The van der Waals surface area contributed by atoms with Gasteiger partial charge in [0.25, 0.3) is 0 Å². The molecule has 6 heteroatoms. The van der Waals surface area contributed by atoms with Crippen molar-refractivity contribution in [2.75, 3.05) is 26.3 Å². The van der Waals surface area contributed by atoms with Crippen LogP contribution < -0.4 is 10.6 Å². The zero-order chi connectivity index (χ0) is 19.3. The predicted octanol–water partition coefficient (Wildman–Crippen LogP) is 2.44. The number of amides is 2. The van der Waals surface area contributed by atoms with Crippen LogP contribution >= 0.6 is 0 Å². The summed E-state index contributed by atoms with van der Waals surface area (Å²) in [5.74, 6) is 0.0558. The molecule has 26 heavy (non-hydrogen) atoms. The van der Waals surface area contributed by atoms with Crippen LogP contribution in [0.1, 0.15) is 77.0 Å². The van der Waals surface area contributed by atoms with Gasteiger partial charge in [0.15, 0.2) is 0 Å². The maximum atomic E-state index is 11.5. The first-order chi connectivity index (χ1) is 12.7. The number of hydrogen-bond donors (Lipinski definition) is 4. The second-order valence-corrected chi connectivity index (χ2v) is 6.56. The number of rotatable bonds is 18. The Labute approximate surface area is 158 Å². The van der Waals surface area contributed by atoms with Gasteiger partial charge in [0, 0.05) is 32.7 Å². The Morgan fingerprint density at radius 3 is 1.92 bits per heavy atom. The van der Waals surface area contributed by atoms with Crippen LogP contribution in [-0.4, -0.2) is 48.3 Å². The van der Waals surface area contributed by atoms with Gasteiger partial charge in [-0.05, 0) is 51.0 Å². The van der Waals surface area contributed by atoms with Gasteiger partial charge in [-0.15, -0.1) is 0 Å². The Balaban J connectivity index is 3.31. The summed E-state index contributed by atoms with van der Waals surface area (Å²) < 4.78 is 0. The molecular formula is C20H38N2O4. The number of aliphatic hydroxyl groups is 2. The molecule has 2 amide bonds. The lowest BCUT2D eigenvalue weighted by atomic mass is 10.1. The van der Waals surface area contributed by atoms with Crippen LogP contribution in [0.4, 0.5) is 0 Å². The Morgan fingerprint density at radius 2 is 1.27 bits per heavy atom. The van der Waals surface area contributed by atoms with E-state index in [2.05, 4.69) is 10.6 Å². The third-order valence-electron chi connectivity index (χ3n) is 4.09. The lowest BCUT2D eigenvalue weighted by molar-refractivity contribution is -0.121. The molecular weight excluding hydrogens is 332 g/mol. The predicted molar refractivity (Wildman–Crippen MR) is 105 cm³/mol. The third-order valence-corrected chi connectivity index (χ3v) is 4.09. The maximum absolute atomic E-state index is 11.5. The monoisotopic (exact) mass is 370 g/mol. The average molecular weight is 371 g/mol. The smallest absolute Gasteiger partial charge is 0.243 e. The Hall–Kier alpha value is -1.40. The topological polar surface area (TPSA) is 98.7 Å². The van der Waals surface area contributed by atoms with Crippen molar-refractivity contribution >= 4 is 11.8 Å². The van der Waals surface area contributed by atoms with Crippen molar-refractivity contribution in [3.05, 3.63) is 12.2 Å². The summed E-state index contributed by atoms with van der Waals surface area (Å²) in [5, 5.41) is 23.0. The van der Waals surface area contributed by atoms with Crippen LogP contribution in [0.2, 0.25) is 0 Å². The molecule has 0 spiro atoms. The molecule has 0 aromatic heterocycles. The first-order valence-electron chi connectivity index (χ1n) is 10.1. The van der Waals surface area contributed by atoms with Gasteiger partial charge in [-0.1, -0.05) is 31.8 Å². The minimum atomic E-state index is -0.0578. The molecule has 6 nitrogen and oxygen atoms in total. The standard InChI is InChI=1S/C20H38N2O4/c23-17-11-9-15-21-19(25)13-7-5-3-1-2-4-6-8-14-20(26)22-16-10-12-18-24/h7,13,23-24H,1-6,8-12,14-18H2,(H,21,25)(H,22,26)/b13-7+. The van der Waals surface area contributed by atoms with Gasteiger partial charge < -0.3 is 20.8 Å². The Bertz CT molecular complexity index is 373. The average Bonchev–Trinajstić information content (AvgIpc) is 2.64. The molecule has 0 atom stereocenters. The van der Waals surface area contributed by atoms with Gasteiger partial charge in [0.2, 0.25) is 11.8 Å². The Kier molecular flexibility index (Phi) is 18.8. The minimum Gasteiger partial charge on any atom is -0.396 e. The molecule has 0 saturated carbocycles. The fourth-order valence-electron chi connectivity index (χ4n) is 2.51. The van der Waals surface area contributed by atoms with Crippen molar-refractivity contribution < 1.29 is 19.8 Å². The second-order valence-electron chi connectivity index (χ2n) is 6.56. The second kappa shape index (κ2) is 19.9. The van der Waals surface area contributed by atoms with Crippen molar-refractivity contribution in [2.45, 2.75) is 77.0 Å². The van der Waals surface area contributed by atoms with Gasteiger partial charge in [-0.2, -0.15) is 0 Å². The van der Waals surface area contributed by atoms with Crippen molar-refractivity contribution in [1.29, 1.82) is 0 Å². The molecule has 0 rings (SSSR count). The van der Waals surface area contributed by atoms with Crippen LogP contribution in [0.15, 0.2) is 12.2 Å². The molecule has 0 aromatic carbocycles. The summed E-state index contributed by atoms with van der Waals surface area (Å²) in [4.78, 5) is 23.0. The number of aliphatic hydroxyl groups excluding tert-OH is 2. The van der Waals surface area contributed by atoms with E-state index < -0.39 is 0 Å². The highest BCUT2D eigenvalue weighted by molar-refractivity contribution is 5.87. The molecule has 0 aromatic rings. The lowest BCUT2D eigenvalue weighted by Gasteiger charge is -2.04. The highest BCUT2D eigenvalue weighted by Crippen LogP contribution is 2.09. The molecule has 0 heterocycles. The number of hydrogen-bond acceptors (Lipinski definition) is 4. The summed E-state index contributed by atoms with van der Waals surface area (Å²) in [6, 6.07) is 0. The zero-order valence-electron chi connectivity index (χ0n) is 16.2. The van der Waals surface area contributed by atoms with Crippen molar-refractivity contribution in [2.24, 2.45) is 0 Å². The zero-order valence-corrected chi connectivity index (χ0v) is 16.2. The van der Waals surface area contributed by atoms with E-state index in [1.54, 1.807) is 6.08 Å². The van der Waals surface area contributed by atoms with Crippen LogP contribution in [0.25, 0.3) is 0 Å². The summed E-state index contributed by atoms with van der Waals surface area (Å²) in [6.07, 6.45) is 14.7. The fraction of sp³-hybridized carbons (Fsp3) is 0.800. The third kappa shape index (κ3) is 18.9. The number of carbonyl (C=O) groups excluding carboxylic acids is 2. The molecule has 0 saturated heterocycles. The van der Waals surface area contributed by atoms with E-state index in [9.17, 15) is 9.59 Å². The van der Waals surface area contributed by atoms with E-state index in [-0.39, 0.29) is 25.0 Å². The molecule has 0 aliphatic heterocycles. The number of allylic oxidation sites excluding steroid dienone is 1. The van der Waals surface area contributed by atoms with E-state index >= 15 is 0 Å². The number of carbonyl (C=O) groups is 2. The molecule has 0 bridgehead atoms. The van der Waals surface area contributed by atoms with Crippen molar-refractivity contribution in [1.82, 2.24) is 10.6 Å². The first-order valence-corrected chi connectivity index (χ1v) is 10.1. The van der Waals surface area contributed by atoms with E-state index in [0.717, 1.165) is 64.2 Å². The van der Waals surface area contributed by atoms with Crippen LogP contribution in [0.3, 0.4) is 0 Å². The Morgan fingerprint density at radius 1 is 0.692 bits per heavy atom. The number of unbranched alkanes of at least 4 members (excludes halogenated alkanes) is 8. The van der Waals surface area contributed by atoms with E-state index in [1.165, 1.54) is 6.42 Å². The molecule has 0 aliphatic carbocycles. The lowest BCUT2D eigenvalue weighted by Crippen LogP contribution is -2.24. The SMILES string of the molecule is O=C(/C=C/CCCCCCCCC(=O)NCCCCO)NCCCCO. The summed E-state index contributed by atoms with van der Waals surface area (Å²) in [6.45, 7) is 1.63. The highest BCUT2D eigenvalue weighted by atomic mass is 16.3. The van der Waals surface area contributed by atoms with Crippen LogP contribution in [0.5, 0.6) is 0 Å². The molecule has 0 radical (unpaired) electrons. The van der Waals surface area contributed by atoms with Gasteiger partial charge >= 0.3 is 0 Å². The maximum Gasteiger partial charge on any atom is 0.243 e. The van der Waals surface area contributed by atoms with Crippen molar-refractivity contribution in [3.8, 4) is 0 Å². The van der Waals surface area contributed by atoms with Gasteiger partial charge in [-0.3, -0.25) is 9.59 Å². The van der Waals surface area contributed by atoms with Gasteiger partial charge in [-0.25, -0.2) is 0 Å². The summed E-state index contributed by atoms with van der Waals surface area (Å²) >= 11 is 0. The molecule has 152 valence electrons. The first kappa shape index (κ1) is 24.6. The highest BCUT2D eigenvalue weighted by Gasteiger charge is 2.00. The minimum absolute atomic E-state index is 0.0578. The molecule has 0 aliphatic rings. The fourth-order valence-corrected chi connectivity index (χ4v) is 2.51. The van der Waals surface area contributed by atoms with E-state index in [4.69, 9.17) is 10.2 Å². The van der Waals surface area contributed by atoms with E-state index in [1.807, 2.05) is 6.08 Å². The van der Waals surface area contributed by atoms with Crippen LogP contribution in [0, 0.1) is 0 Å². The van der Waals surface area contributed by atoms with Crippen molar-refractivity contribution in [3.63, 3.8) is 0 Å². The largest absolute Gasteiger partial charge is 0.396 e. The van der Waals surface area contributed by atoms with Gasteiger partial charge in [0.1, 0.15) is 0 Å². The molecule has 0 unspecified atom stereocenters. The normalized spacial score (nSPS) is 11.0. The van der Waals surface area contributed by atoms with Gasteiger partial charge in [0.05, 0.1) is 0 Å². The molecule has 4 N–H and O–H groups in total. The van der Waals surface area contributed by atoms with Crippen LogP contribution in [-0.2, 0) is 9.59 Å². The number of nitrogens with one attached hydrogen (secondary N) is 2. The quantitative estimate of drug-likeness (QED) is 0.220. The summed E-state index contributed by atoms with van der Waals surface area (Å²) in [5.41, 5.74) is 0.